The Morgan fingerprint density at radius 2 is 1.88 bits per heavy atom. The van der Waals surface area contributed by atoms with Gasteiger partial charge in [0.05, 0.1) is 22.3 Å². The number of aliphatic imine (C=N–C) groups is 1. The highest BCUT2D eigenvalue weighted by Crippen LogP contribution is 2.31. The van der Waals surface area contributed by atoms with Crippen molar-refractivity contribution in [2.75, 3.05) is 0 Å². The van der Waals surface area contributed by atoms with Crippen LogP contribution in [0.2, 0.25) is 0 Å². The molecule has 0 fully saturated rings. The maximum absolute atomic E-state index is 12.4. The molecule has 2 aromatic heterocycles. The Hall–Kier alpha value is -3.87. The van der Waals surface area contributed by atoms with Crippen LogP contribution in [0.25, 0.3) is 27.5 Å². The van der Waals surface area contributed by atoms with Crippen LogP contribution in [0.5, 0.6) is 5.75 Å². The van der Waals surface area contributed by atoms with Crippen molar-refractivity contribution >= 4 is 33.7 Å². The van der Waals surface area contributed by atoms with E-state index in [0.29, 0.717) is 16.5 Å². The summed E-state index contributed by atoms with van der Waals surface area (Å²) >= 11 is 0. The number of aromatic nitrogens is 2. The van der Waals surface area contributed by atoms with Crippen molar-refractivity contribution in [3.8, 4) is 11.4 Å². The van der Waals surface area contributed by atoms with Gasteiger partial charge in [0.1, 0.15) is 5.75 Å². The first kappa shape index (κ1) is 15.6. The molecular formula is C19H15N5O2. The molecule has 0 aliphatic heterocycles. The van der Waals surface area contributed by atoms with E-state index in [0.717, 1.165) is 16.6 Å². The van der Waals surface area contributed by atoms with E-state index in [1.165, 1.54) is 6.07 Å². The molecule has 0 saturated heterocycles. The first-order chi connectivity index (χ1) is 12.5. The van der Waals surface area contributed by atoms with Gasteiger partial charge in [-0.15, -0.1) is 0 Å². The second-order valence-corrected chi connectivity index (χ2v) is 5.80. The Morgan fingerprint density at radius 3 is 2.69 bits per heavy atom. The summed E-state index contributed by atoms with van der Waals surface area (Å²) in [7, 11) is 0. The number of para-hydroxylation sites is 1. The van der Waals surface area contributed by atoms with Crippen molar-refractivity contribution in [1.29, 1.82) is 0 Å². The quantitative estimate of drug-likeness (QED) is 0.380. The Morgan fingerprint density at radius 1 is 1.08 bits per heavy atom. The maximum Gasteiger partial charge on any atom is 0.282 e. The summed E-state index contributed by atoms with van der Waals surface area (Å²) in [5, 5.41) is 11.5. The third kappa shape index (κ3) is 2.51. The van der Waals surface area contributed by atoms with Crippen LogP contribution in [0.1, 0.15) is 10.4 Å². The van der Waals surface area contributed by atoms with Crippen LogP contribution in [0.4, 0.5) is 0 Å². The molecule has 0 radical (unpaired) electrons. The average Bonchev–Trinajstić information content (AvgIpc) is 2.99. The zero-order valence-corrected chi connectivity index (χ0v) is 13.6. The zero-order chi connectivity index (χ0) is 18.3. The second-order valence-electron chi connectivity index (χ2n) is 5.80. The fourth-order valence-electron chi connectivity index (χ4n) is 3.05. The number of nitrogens with zero attached hydrogens (tertiary/aromatic N) is 3. The SMILES string of the molecule is NC(N)=NC(=O)c1cn(-c2ccnc3ccccc23)c2cc(O)ccc12. The number of phenols is 1. The molecule has 0 saturated carbocycles. The van der Waals surface area contributed by atoms with Gasteiger partial charge in [-0.1, -0.05) is 18.2 Å². The van der Waals surface area contributed by atoms with Gasteiger partial charge in [0.2, 0.25) is 0 Å². The number of carbonyl (C=O) groups is 1. The van der Waals surface area contributed by atoms with Crippen LogP contribution >= 0.6 is 0 Å². The first-order valence-electron chi connectivity index (χ1n) is 7.87. The Balaban J connectivity index is 2.05. The number of amides is 1. The molecule has 7 heteroatoms. The lowest BCUT2D eigenvalue weighted by atomic mass is 10.1. The topological polar surface area (TPSA) is 120 Å². The smallest absolute Gasteiger partial charge is 0.282 e. The Kier molecular flexibility index (Phi) is 3.54. The standard InChI is InChI=1S/C19H15N5O2/c20-19(21)23-18(26)14-10-24(17-9-11(25)5-6-12(14)17)16-7-8-22-15-4-2-1-3-13(15)16/h1-10,25H,(H4,20,21,23,26). The summed E-state index contributed by atoms with van der Waals surface area (Å²) in [6, 6.07) is 14.3. The Labute approximate surface area is 148 Å². The van der Waals surface area contributed by atoms with Crippen molar-refractivity contribution in [2.24, 2.45) is 16.5 Å². The van der Waals surface area contributed by atoms with Gasteiger partial charge < -0.3 is 21.1 Å². The largest absolute Gasteiger partial charge is 0.508 e. The molecule has 0 unspecified atom stereocenters. The number of guanidine groups is 1. The van der Waals surface area contributed by atoms with Gasteiger partial charge in [-0.25, -0.2) is 0 Å². The number of rotatable bonds is 2. The molecule has 0 atom stereocenters. The van der Waals surface area contributed by atoms with E-state index < -0.39 is 5.91 Å². The minimum atomic E-state index is -0.544. The van der Waals surface area contributed by atoms with E-state index in [2.05, 4.69) is 9.98 Å². The highest BCUT2D eigenvalue weighted by atomic mass is 16.3. The van der Waals surface area contributed by atoms with E-state index in [9.17, 15) is 9.90 Å². The van der Waals surface area contributed by atoms with Gasteiger partial charge in [0.15, 0.2) is 5.96 Å². The van der Waals surface area contributed by atoms with E-state index >= 15 is 0 Å². The molecule has 0 spiro atoms. The molecule has 1 amide bonds. The van der Waals surface area contributed by atoms with Crippen molar-refractivity contribution < 1.29 is 9.90 Å². The summed E-state index contributed by atoms with van der Waals surface area (Å²) in [5.74, 6) is -0.752. The number of carbonyl (C=O) groups excluding carboxylic acids is 1. The number of phenolic OH excluding ortho intramolecular Hbond substituents is 1. The molecule has 4 aromatic rings. The van der Waals surface area contributed by atoms with Gasteiger partial charge in [-0.2, -0.15) is 4.99 Å². The van der Waals surface area contributed by atoms with Gasteiger partial charge in [0.25, 0.3) is 5.91 Å². The lowest BCUT2D eigenvalue weighted by Gasteiger charge is -2.09. The highest BCUT2D eigenvalue weighted by Gasteiger charge is 2.17. The van der Waals surface area contributed by atoms with Crippen LogP contribution < -0.4 is 11.5 Å². The van der Waals surface area contributed by atoms with E-state index in [4.69, 9.17) is 11.5 Å². The molecule has 5 N–H and O–H groups in total. The number of benzene rings is 2. The monoisotopic (exact) mass is 345 g/mol. The third-order valence-electron chi connectivity index (χ3n) is 4.14. The van der Waals surface area contributed by atoms with Crippen LogP contribution in [-0.2, 0) is 0 Å². The molecule has 7 nitrogen and oxygen atoms in total. The van der Waals surface area contributed by atoms with Crippen LogP contribution in [0.3, 0.4) is 0 Å². The average molecular weight is 345 g/mol. The lowest BCUT2D eigenvalue weighted by molar-refractivity contribution is 0.100. The minimum Gasteiger partial charge on any atom is -0.508 e. The molecule has 0 aliphatic rings. The van der Waals surface area contributed by atoms with Crippen molar-refractivity contribution in [2.45, 2.75) is 0 Å². The number of fused-ring (bicyclic) bond motifs is 2. The van der Waals surface area contributed by atoms with Crippen LogP contribution in [0.15, 0.2) is 65.9 Å². The number of hydrogen-bond acceptors (Lipinski definition) is 3. The van der Waals surface area contributed by atoms with Gasteiger partial charge in [-0.05, 0) is 24.3 Å². The van der Waals surface area contributed by atoms with Gasteiger partial charge in [0, 0.05) is 29.2 Å². The molecule has 0 aliphatic carbocycles. The molecule has 2 aromatic carbocycles. The molecular weight excluding hydrogens is 330 g/mol. The van der Waals surface area contributed by atoms with E-state index in [1.54, 1.807) is 24.5 Å². The summed E-state index contributed by atoms with van der Waals surface area (Å²) < 4.78 is 1.83. The molecule has 2 heterocycles. The summed E-state index contributed by atoms with van der Waals surface area (Å²) in [5.41, 5.74) is 13.3. The zero-order valence-electron chi connectivity index (χ0n) is 13.6. The van der Waals surface area contributed by atoms with Crippen LogP contribution in [0, 0.1) is 0 Å². The molecule has 26 heavy (non-hydrogen) atoms. The fraction of sp³-hybridized carbons (Fsp3) is 0. The van der Waals surface area contributed by atoms with Crippen molar-refractivity contribution in [3.63, 3.8) is 0 Å². The predicted octanol–water partition coefficient (Wildman–Crippen LogP) is 2.30. The number of hydrogen-bond donors (Lipinski definition) is 3. The van der Waals surface area contributed by atoms with E-state index in [1.807, 2.05) is 34.9 Å². The second kappa shape index (κ2) is 5.89. The van der Waals surface area contributed by atoms with Crippen molar-refractivity contribution in [1.82, 2.24) is 9.55 Å². The van der Waals surface area contributed by atoms with E-state index in [-0.39, 0.29) is 11.7 Å². The maximum atomic E-state index is 12.4. The van der Waals surface area contributed by atoms with Gasteiger partial charge >= 0.3 is 0 Å². The van der Waals surface area contributed by atoms with Crippen LogP contribution in [-0.4, -0.2) is 26.5 Å². The fourth-order valence-corrected chi connectivity index (χ4v) is 3.05. The molecule has 0 bridgehead atoms. The number of pyridine rings is 1. The van der Waals surface area contributed by atoms with Crippen molar-refractivity contribution in [3.05, 3.63) is 66.5 Å². The predicted molar refractivity (Wildman–Crippen MR) is 100 cm³/mol. The first-order valence-corrected chi connectivity index (χ1v) is 7.87. The number of aromatic hydroxyl groups is 1. The highest BCUT2D eigenvalue weighted by molar-refractivity contribution is 6.11. The van der Waals surface area contributed by atoms with Gasteiger partial charge in [-0.3, -0.25) is 9.78 Å². The lowest BCUT2D eigenvalue weighted by Crippen LogP contribution is -2.24. The molecule has 128 valence electrons. The number of nitrogens with two attached hydrogens (primary N) is 2. The molecule has 4 rings (SSSR count). The summed E-state index contributed by atoms with van der Waals surface area (Å²) in [4.78, 5) is 20.4. The summed E-state index contributed by atoms with van der Waals surface area (Å²) in [6.07, 6.45) is 3.37. The summed E-state index contributed by atoms with van der Waals surface area (Å²) in [6.45, 7) is 0. The Bertz CT molecular complexity index is 1180. The normalized spacial score (nSPS) is 10.9. The minimum absolute atomic E-state index is 0.0936. The third-order valence-corrected chi connectivity index (χ3v) is 4.14.